The Morgan fingerprint density at radius 2 is 1.46 bits per heavy atom. The van der Waals surface area contributed by atoms with Crippen molar-refractivity contribution < 1.29 is 14.1 Å². The topological polar surface area (TPSA) is 84.2 Å². The lowest BCUT2D eigenvalue weighted by Crippen LogP contribution is -2.14. The maximum absolute atomic E-state index is 12.3. The molecular weight excluding hydrogens is 377 g/mol. The van der Waals surface area contributed by atoms with E-state index >= 15 is 0 Å². The van der Waals surface area contributed by atoms with Gasteiger partial charge in [-0.15, -0.1) is 0 Å². The second-order valence-corrected chi connectivity index (χ2v) is 6.22. The second-order valence-electron chi connectivity index (χ2n) is 5.41. The molecule has 0 fully saturated rings. The minimum atomic E-state index is -0.390. The van der Waals surface area contributed by atoms with Crippen molar-refractivity contribution in [2.45, 2.75) is 6.92 Å². The Bertz CT molecular complexity index is 948. The van der Waals surface area contributed by atoms with Crippen molar-refractivity contribution in [3.05, 3.63) is 75.5 Å². The van der Waals surface area contributed by atoms with Crippen molar-refractivity contribution in [2.24, 2.45) is 0 Å². The Morgan fingerprint density at radius 1 is 0.923 bits per heavy atom. The monoisotopic (exact) mass is 389 g/mol. The van der Waals surface area contributed by atoms with Gasteiger partial charge in [-0.25, -0.2) is 0 Å². The first-order valence-corrected chi connectivity index (χ1v) is 8.30. The molecule has 0 radical (unpaired) electrons. The number of anilines is 2. The molecule has 3 aromatic rings. The van der Waals surface area contributed by atoms with Crippen molar-refractivity contribution in [2.75, 3.05) is 10.6 Å². The van der Waals surface area contributed by atoms with Crippen LogP contribution in [0.15, 0.2) is 53.1 Å². The lowest BCUT2D eigenvalue weighted by molar-refractivity contribution is 0.101. The predicted octanol–water partition coefficient (Wildman–Crippen LogP) is 4.79. The highest BCUT2D eigenvalue weighted by Gasteiger charge is 2.13. The molecule has 0 aliphatic heterocycles. The summed E-state index contributed by atoms with van der Waals surface area (Å²) in [4.78, 5) is 24.5. The van der Waals surface area contributed by atoms with Crippen molar-refractivity contribution in [3.8, 4) is 0 Å². The highest BCUT2D eigenvalue weighted by Crippen LogP contribution is 2.30. The smallest absolute Gasteiger partial charge is 0.256 e. The number of nitrogens with zero attached hydrogens (tertiary/aromatic N) is 1. The first-order chi connectivity index (χ1) is 12.4. The number of benzene rings is 2. The maximum atomic E-state index is 12.3. The predicted molar refractivity (Wildman–Crippen MR) is 100 cm³/mol. The number of aryl methyl sites for hydroxylation is 1. The summed E-state index contributed by atoms with van der Waals surface area (Å²) >= 11 is 12.1. The van der Waals surface area contributed by atoms with Crippen LogP contribution in [0.2, 0.25) is 10.0 Å². The van der Waals surface area contributed by atoms with E-state index in [4.69, 9.17) is 27.7 Å². The molecule has 0 saturated carbocycles. The highest BCUT2D eigenvalue weighted by atomic mass is 35.5. The molecule has 0 atom stereocenters. The third kappa shape index (κ3) is 4.04. The van der Waals surface area contributed by atoms with Crippen LogP contribution < -0.4 is 10.6 Å². The normalized spacial score (nSPS) is 10.4. The zero-order valence-corrected chi connectivity index (χ0v) is 15.1. The van der Waals surface area contributed by atoms with E-state index in [2.05, 4.69) is 15.8 Å². The Kier molecular flexibility index (Phi) is 5.25. The zero-order chi connectivity index (χ0) is 18.7. The molecule has 0 spiro atoms. The van der Waals surface area contributed by atoms with Crippen molar-refractivity contribution >= 4 is 46.5 Å². The molecule has 1 aromatic heterocycles. The summed E-state index contributed by atoms with van der Waals surface area (Å²) in [6, 6.07) is 12.7. The number of hydrogen-bond acceptors (Lipinski definition) is 4. The van der Waals surface area contributed by atoms with Gasteiger partial charge in [-0.3, -0.25) is 9.59 Å². The third-order valence-electron chi connectivity index (χ3n) is 3.48. The van der Waals surface area contributed by atoms with Crippen LogP contribution in [0, 0.1) is 6.92 Å². The number of aromatic nitrogens is 1. The average molecular weight is 390 g/mol. The summed E-state index contributed by atoms with van der Waals surface area (Å²) in [5.41, 5.74) is 1.07. The minimum absolute atomic E-state index is 0.322. The van der Waals surface area contributed by atoms with Gasteiger partial charge in [-0.1, -0.05) is 34.4 Å². The molecule has 0 aliphatic carbocycles. The van der Waals surface area contributed by atoms with E-state index in [9.17, 15) is 9.59 Å². The fraction of sp³-hybridized carbons (Fsp3) is 0.0556. The number of rotatable bonds is 4. The molecule has 2 aromatic carbocycles. The number of nitrogens with one attached hydrogen (secondary N) is 2. The van der Waals surface area contributed by atoms with E-state index in [1.807, 2.05) is 0 Å². The highest BCUT2D eigenvalue weighted by molar-refractivity contribution is 6.40. The van der Waals surface area contributed by atoms with Gasteiger partial charge in [-0.2, -0.15) is 0 Å². The lowest BCUT2D eigenvalue weighted by Gasteiger charge is -2.09. The fourth-order valence-corrected chi connectivity index (χ4v) is 2.68. The summed E-state index contributed by atoms with van der Waals surface area (Å²) in [6.07, 6.45) is 0. The maximum Gasteiger partial charge on any atom is 0.256 e. The van der Waals surface area contributed by atoms with Crippen LogP contribution >= 0.6 is 23.2 Å². The van der Waals surface area contributed by atoms with Crippen LogP contribution in [-0.2, 0) is 0 Å². The van der Waals surface area contributed by atoms with Crippen LogP contribution in [0.4, 0.5) is 11.5 Å². The molecule has 26 heavy (non-hydrogen) atoms. The van der Waals surface area contributed by atoms with Gasteiger partial charge in [0.15, 0.2) is 5.82 Å². The number of hydrogen-bond donors (Lipinski definition) is 2. The molecule has 3 rings (SSSR count). The van der Waals surface area contributed by atoms with Crippen LogP contribution in [0.1, 0.15) is 26.5 Å². The van der Waals surface area contributed by atoms with E-state index in [1.165, 1.54) is 24.3 Å². The molecule has 0 aliphatic rings. The van der Waals surface area contributed by atoms with Gasteiger partial charge in [0.05, 0.1) is 15.7 Å². The Hall–Kier alpha value is -2.83. The van der Waals surface area contributed by atoms with E-state index in [-0.39, 0.29) is 11.8 Å². The number of carbonyl (C=O) groups excluding carboxylic acids is 2. The van der Waals surface area contributed by atoms with E-state index in [0.29, 0.717) is 38.4 Å². The van der Waals surface area contributed by atoms with Crippen molar-refractivity contribution in [3.63, 3.8) is 0 Å². The van der Waals surface area contributed by atoms with E-state index in [1.54, 1.807) is 31.2 Å². The molecule has 6 nitrogen and oxygen atoms in total. The summed E-state index contributed by atoms with van der Waals surface area (Å²) in [7, 11) is 0. The SMILES string of the molecule is Cc1cc(NC(=O)c2ccc(C(=O)Nc3c(Cl)cccc3Cl)cc2)no1. The number of carbonyl (C=O) groups is 2. The molecule has 0 unspecified atom stereocenters. The number of halogens is 2. The summed E-state index contributed by atoms with van der Waals surface area (Å²) in [5.74, 6) is 0.159. The average Bonchev–Trinajstić information content (AvgIpc) is 3.03. The first-order valence-electron chi connectivity index (χ1n) is 7.54. The molecule has 1 heterocycles. The summed E-state index contributed by atoms with van der Waals surface area (Å²) < 4.78 is 4.89. The Balaban J connectivity index is 1.70. The molecule has 2 N–H and O–H groups in total. The quantitative estimate of drug-likeness (QED) is 0.671. The molecule has 0 saturated heterocycles. The van der Waals surface area contributed by atoms with Crippen LogP contribution in [-0.4, -0.2) is 17.0 Å². The van der Waals surface area contributed by atoms with Crippen molar-refractivity contribution in [1.29, 1.82) is 0 Å². The zero-order valence-electron chi connectivity index (χ0n) is 13.5. The third-order valence-corrected chi connectivity index (χ3v) is 4.11. The van der Waals surface area contributed by atoms with Gasteiger partial charge in [0.1, 0.15) is 5.76 Å². The van der Waals surface area contributed by atoms with Crippen LogP contribution in [0.25, 0.3) is 0 Å². The summed E-state index contributed by atoms with van der Waals surface area (Å²) in [6.45, 7) is 1.72. The standard InChI is InChI=1S/C18H13Cl2N3O3/c1-10-9-15(23-26-10)21-17(24)11-5-7-12(8-6-11)18(25)22-16-13(19)3-2-4-14(16)20/h2-9H,1H3,(H,22,25)(H,21,23,24). The fourth-order valence-electron chi connectivity index (χ4n) is 2.19. The molecule has 0 bridgehead atoms. The van der Waals surface area contributed by atoms with Crippen LogP contribution in [0.3, 0.4) is 0 Å². The Labute approximate surface area is 159 Å². The lowest BCUT2D eigenvalue weighted by atomic mass is 10.1. The number of para-hydroxylation sites is 1. The first kappa shape index (κ1) is 18.0. The molecule has 8 heteroatoms. The van der Waals surface area contributed by atoms with Gasteiger partial charge in [0.2, 0.25) is 0 Å². The van der Waals surface area contributed by atoms with Gasteiger partial charge in [0, 0.05) is 17.2 Å². The van der Waals surface area contributed by atoms with E-state index < -0.39 is 0 Å². The summed E-state index contributed by atoms with van der Waals surface area (Å²) in [5, 5.41) is 9.63. The minimum Gasteiger partial charge on any atom is -0.360 e. The molecule has 132 valence electrons. The molecule has 2 amide bonds. The molecular formula is C18H13Cl2N3O3. The van der Waals surface area contributed by atoms with Gasteiger partial charge in [0.25, 0.3) is 11.8 Å². The number of amides is 2. The van der Waals surface area contributed by atoms with E-state index in [0.717, 1.165) is 0 Å². The van der Waals surface area contributed by atoms with Gasteiger partial charge >= 0.3 is 0 Å². The second kappa shape index (κ2) is 7.59. The largest absolute Gasteiger partial charge is 0.360 e. The van der Waals surface area contributed by atoms with Crippen LogP contribution in [0.5, 0.6) is 0 Å². The van der Waals surface area contributed by atoms with Crippen molar-refractivity contribution in [1.82, 2.24) is 5.16 Å². The van der Waals surface area contributed by atoms with Gasteiger partial charge < -0.3 is 15.2 Å². The van der Waals surface area contributed by atoms with Gasteiger partial charge in [-0.05, 0) is 43.3 Å². The Morgan fingerprint density at radius 3 is 1.96 bits per heavy atom.